The van der Waals surface area contributed by atoms with Crippen LogP contribution in [0.25, 0.3) is 0 Å². The highest BCUT2D eigenvalue weighted by atomic mass is 32.2. The van der Waals surface area contributed by atoms with E-state index in [2.05, 4.69) is 5.32 Å². The highest BCUT2D eigenvalue weighted by Gasteiger charge is 2.24. The van der Waals surface area contributed by atoms with Crippen LogP contribution >= 0.6 is 0 Å². The lowest BCUT2D eigenvalue weighted by atomic mass is 10.1. The molecule has 0 aliphatic carbocycles. The number of sulfone groups is 1. The zero-order valence-electron chi connectivity index (χ0n) is 9.93. The molecule has 0 spiro atoms. The molecule has 1 amide bonds. The summed E-state index contributed by atoms with van der Waals surface area (Å²) in [5.41, 5.74) is 6.19. The third-order valence-corrected chi connectivity index (χ3v) is 4.73. The zero-order chi connectivity index (χ0) is 13.2. The number of hydrogen-bond donors (Lipinski definition) is 2. The van der Waals surface area contributed by atoms with Crippen molar-refractivity contribution in [2.45, 2.75) is 5.75 Å². The maximum atomic E-state index is 11.9. The molecule has 0 unspecified atom stereocenters. The van der Waals surface area contributed by atoms with Crippen molar-refractivity contribution in [2.24, 2.45) is 11.7 Å². The van der Waals surface area contributed by atoms with Gasteiger partial charge in [-0.1, -0.05) is 12.1 Å². The highest BCUT2D eigenvalue weighted by molar-refractivity contribution is 7.90. The van der Waals surface area contributed by atoms with Gasteiger partial charge < -0.3 is 11.1 Å². The molecule has 5 nitrogen and oxygen atoms in total. The van der Waals surface area contributed by atoms with Crippen molar-refractivity contribution < 1.29 is 13.2 Å². The van der Waals surface area contributed by atoms with Crippen LogP contribution in [0.5, 0.6) is 0 Å². The summed E-state index contributed by atoms with van der Waals surface area (Å²) in [7, 11) is -3.08. The first kappa shape index (κ1) is 13.0. The molecule has 0 saturated carbocycles. The summed E-state index contributed by atoms with van der Waals surface area (Å²) in [6.45, 7) is 1.56. The number of benzene rings is 1. The average Bonchev–Trinajstić information content (AvgIpc) is 2.24. The lowest BCUT2D eigenvalue weighted by molar-refractivity contribution is 0.100. The molecule has 0 aromatic heterocycles. The number of primary amides is 1. The molecule has 1 aliphatic rings. The molecule has 98 valence electrons. The maximum absolute atomic E-state index is 11.9. The number of carbonyl (C=O) groups excluding carboxylic acids is 1. The lowest BCUT2D eigenvalue weighted by Gasteiger charge is -2.26. The largest absolute Gasteiger partial charge is 0.366 e. The van der Waals surface area contributed by atoms with Gasteiger partial charge in [-0.15, -0.1) is 0 Å². The summed E-state index contributed by atoms with van der Waals surface area (Å²) in [6.07, 6.45) is 0. The molecule has 1 heterocycles. The van der Waals surface area contributed by atoms with E-state index in [1.165, 1.54) is 0 Å². The lowest BCUT2D eigenvalue weighted by Crippen LogP contribution is -2.45. The second-order valence-corrected chi connectivity index (χ2v) is 6.75. The smallest absolute Gasteiger partial charge is 0.248 e. The number of nitrogens with one attached hydrogen (secondary N) is 1. The van der Waals surface area contributed by atoms with E-state index >= 15 is 0 Å². The van der Waals surface area contributed by atoms with Gasteiger partial charge in [-0.2, -0.15) is 0 Å². The SMILES string of the molecule is NC(=O)c1ccc(CS(=O)(=O)CC2CNC2)cc1. The van der Waals surface area contributed by atoms with Crippen LogP contribution in [0.15, 0.2) is 24.3 Å². The third kappa shape index (κ3) is 3.30. The van der Waals surface area contributed by atoms with Gasteiger partial charge in [0.1, 0.15) is 0 Å². The normalized spacial score (nSPS) is 16.2. The van der Waals surface area contributed by atoms with E-state index in [1.807, 2.05) is 0 Å². The van der Waals surface area contributed by atoms with E-state index in [1.54, 1.807) is 24.3 Å². The molecule has 1 aromatic rings. The first-order chi connectivity index (χ1) is 8.46. The van der Waals surface area contributed by atoms with Crippen LogP contribution in [0.2, 0.25) is 0 Å². The number of hydrogen-bond acceptors (Lipinski definition) is 4. The second kappa shape index (κ2) is 5.07. The molecule has 1 aromatic carbocycles. The monoisotopic (exact) mass is 268 g/mol. The van der Waals surface area contributed by atoms with E-state index in [0.717, 1.165) is 13.1 Å². The van der Waals surface area contributed by atoms with Gasteiger partial charge in [0.2, 0.25) is 5.91 Å². The van der Waals surface area contributed by atoms with Gasteiger partial charge in [-0.3, -0.25) is 4.79 Å². The molecule has 1 fully saturated rings. The standard InChI is InChI=1S/C12H16N2O3S/c13-12(15)11-3-1-9(2-4-11)7-18(16,17)8-10-5-14-6-10/h1-4,10,14H,5-8H2,(H2,13,15). The molecular weight excluding hydrogens is 252 g/mol. The van der Waals surface area contributed by atoms with Crippen LogP contribution in [0.1, 0.15) is 15.9 Å². The minimum atomic E-state index is -3.08. The fourth-order valence-corrected chi connectivity index (χ4v) is 3.68. The van der Waals surface area contributed by atoms with Crippen LogP contribution in [-0.2, 0) is 15.6 Å². The van der Waals surface area contributed by atoms with Gasteiger partial charge >= 0.3 is 0 Å². The summed E-state index contributed by atoms with van der Waals surface area (Å²) in [5, 5.41) is 3.05. The Balaban J connectivity index is 2.01. The Hall–Kier alpha value is -1.40. The topological polar surface area (TPSA) is 89.3 Å². The Morgan fingerprint density at radius 3 is 2.33 bits per heavy atom. The Bertz CT molecular complexity index is 533. The Morgan fingerprint density at radius 1 is 1.28 bits per heavy atom. The molecule has 2 rings (SSSR count). The Morgan fingerprint density at radius 2 is 1.89 bits per heavy atom. The van der Waals surface area contributed by atoms with Crippen molar-refractivity contribution in [3.05, 3.63) is 35.4 Å². The molecule has 1 saturated heterocycles. The summed E-state index contributed by atoms with van der Waals surface area (Å²) in [4.78, 5) is 10.9. The predicted octanol–water partition coefficient (Wildman–Crippen LogP) is -0.0803. The zero-order valence-corrected chi connectivity index (χ0v) is 10.7. The van der Waals surface area contributed by atoms with Crippen LogP contribution in [0.3, 0.4) is 0 Å². The minimum Gasteiger partial charge on any atom is -0.366 e. The fourth-order valence-electron chi connectivity index (χ4n) is 1.90. The van der Waals surface area contributed by atoms with E-state index in [0.29, 0.717) is 11.1 Å². The van der Waals surface area contributed by atoms with Crippen LogP contribution < -0.4 is 11.1 Å². The molecule has 18 heavy (non-hydrogen) atoms. The summed E-state index contributed by atoms with van der Waals surface area (Å²) in [6, 6.07) is 6.38. The van der Waals surface area contributed by atoms with Crippen molar-refractivity contribution >= 4 is 15.7 Å². The first-order valence-electron chi connectivity index (χ1n) is 5.76. The van der Waals surface area contributed by atoms with E-state index in [-0.39, 0.29) is 17.4 Å². The Kier molecular flexibility index (Phi) is 3.68. The molecule has 0 bridgehead atoms. The quantitative estimate of drug-likeness (QED) is 0.781. The first-order valence-corrected chi connectivity index (χ1v) is 7.58. The van der Waals surface area contributed by atoms with Gasteiger partial charge in [0, 0.05) is 18.7 Å². The van der Waals surface area contributed by atoms with Crippen molar-refractivity contribution in [1.29, 1.82) is 0 Å². The van der Waals surface area contributed by atoms with Gasteiger partial charge in [-0.05, 0) is 23.6 Å². The molecule has 0 atom stereocenters. The number of nitrogens with two attached hydrogens (primary N) is 1. The molecular formula is C12H16N2O3S. The molecule has 0 radical (unpaired) electrons. The van der Waals surface area contributed by atoms with E-state index in [4.69, 9.17) is 5.73 Å². The van der Waals surface area contributed by atoms with Gasteiger partial charge in [0.25, 0.3) is 0 Å². The molecule has 1 aliphatic heterocycles. The predicted molar refractivity (Wildman–Crippen MR) is 68.8 cm³/mol. The summed E-state index contributed by atoms with van der Waals surface area (Å²) in [5.74, 6) is -0.0371. The van der Waals surface area contributed by atoms with E-state index in [9.17, 15) is 13.2 Å². The van der Waals surface area contributed by atoms with Crippen molar-refractivity contribution in [2.75, 3.05) is 18.8 Å². The highest BCUT2D eigenvalue weighted by Crippen LogP contribution is 2.13. The fraction of sp³-hybridized carbons (Fsp3) is 0.417. The molecule has 3 N–H and O–H groups in total. The van der Waals surface area contributed by atoms with Gasteiger partial charge in [0.05, 0.1) is 11.5 Å². The average molecular weight is 268 g/mol. The summed E-state index contributed by atoms with van der Waals surface area (Å²) >= 11 is 0. The maximum Gasteiger partial charge on any atom is 0.248 e. The van der Waals surface area contributed by atoms with Crippen LogP contribution in [0.4, 0.5) is 0 Å². The number of carbonyl (C=O) groups is 1. The number of rotatable bonds is 5. The number of amides is 1. The van der Waals surface area contributed by atoms with Crippen LogP contribution in [-0.4, -0.2) is 33.2 Å². The second-order valence-electron chi connectivity index (χ2n) is 4.64. The summed E-state index contributed by atoms with van der Waals surface area (Å²) < 4.78 is 23.8. The van der Waals surface area contributed by atoms with Crippen molar-refractivity contribution in [1.82, 2.24) is 5.32 Å². The van der Waals surface area contributed by atoms with Gasteiger partial charge in [-0.25, -0.2) is 8.42 Å². The minimum absolute atomic E-state index is 0.0164. The molecule has 6 heteroatoms. The van der Waals surface area contributed by atoms with Crippen LogP contribution in [0, 0.1) is 5.92 Å². The van der Waals surface area contributed by atoms with Crippen molar-refractivity contribution in [3.63, 3.8) is 0 Å². The van der Waals surface area contributed by atoms with E-state index < -0.39 is 15.7 Å². The Labute approximate surface area is 106 Å². The third-order valence-electron chi connectivity index (χ3n) is 2.98. The van der Waals surface area contributed by atoms with Crippen molar-refractivity contribution in [3.8, 4) is 0 Å². The van der Waals surface area contributed by atoms with Gasteiger partial charge in [0.15, 0.2) is 9.84 Å².